The van der Waals surface area contributed by atoms with E-state index in [1.807, 2.05) is 18.2 Å². The van der Waals surface area contributed by atoms with Crippen LogP contribution < -0.4 is 5.48 Å². The van der Waals surface area contributed by atoms with Gasteiger partial charge < -0.3 is 0 Å². The highest BCUT2D eigenvalue weighted by Gasteiger charge is 2.29. The Balaban J connectivity index is 1.94. The van der Waals surface area contributed by atoms with Crippen molar-refractivity contribution < 1.29 is 18.0 Å². The fraction of sp³-hybridized carbons (Fsp3) is 0.455. The van der Waals surface area contributed by atoms with E-state index >= 15 is 0 Å². The lowest BCUT2D eigenvalue weighted by Crippen LogP contribution is -2.27. The number of hydrogen-bond donors (Lipinski definition) is 1. The molecule has 94 valence electrons. The number of halogens is 4. The second-order valence-corrected chi connectivity index (χ2v) is 4.87. The van der Waals surface area contributed by atoms with Crippen LogP contribution in [-0.4, -0.2) is 12.8 Å². The van der Waals surface area contributed by atoms with Gasteiger partial charge in [-0.2, -0.15) is 18.7 Å². The molecule has 2 nitrogen and oxygen atoms in total. The molecule has 0 saturated carbocycles. The summed E-state index contributed by atoms with van der Waals surface area (Å²) in [5.74, 6) is 0. The molecule has 1 N–H and O–H groups in total. The monoisotopic (exact) mass is 309 g/mol. The molecule has 0 bridgehead atoms. The predicted molar refractivity (Wildman–Crippen MR) is 60.3 cm³/mol. The van der Waals surface area contributed by atoms with Gasteiger partial charge in [0.2, 0.25) is 0 Å². The minimum absolute atomic E-state index is 0.152. The first-order valence-corrected chi connectivity index (χ1v) is 5.97. The van der Waals surface area contributed by atoms with Gasteiger partial charge >= 0.3 is 6.18 Å². The van der Waals surface area contributed by atoms with Gasteiger partial charge in [-0.1, -0.05) is 22.0 Å². The zero-order chi connectivity index (χ0) is 12.5. The first-order chi connectivity index (χ1) is 7.96. The Bertz CT molecular complexity index is 408. The molecule has 1 aliphatic rings. The Hall–Kier alpha value is -0.590. The van der Waals surface area contributed by atoms with Crippen LogP contribution in [0.25, 0.3) is 0 Å². The molecule has 1 atom stereocenters. The minimum Gasteiger partial charge on any atom is -0.292 e. The Labute approximate surface area is 105 Å². The van der Waals surface area contributed by atoms with Crippen LogP contribution in [0, 0.1) is 0 Å². The van der Waals surface area contributed by atoms with Crippen LogP contribution in [0.2, 0.25) is 0 Å². The van der Waals surface area contributed by atoms with E-state index < -0.39 is 12.8 Å². The highest BCUT2D eigenvalue weighted by Crippen LogP contribution is 2.33. The summed E-state index contributed by atoms with van der Waals surface area (Å²) in [7, 11) is 0. The van der Waals surface area contributed by atoms with Crippen LogP contribution in [0.4, 0.5) is 13.2 Å². The van der Waals surface area contributed by atoms with Crippen molar-refractivity contribution in [1.29, 1.82) is 0 Å². The summed E-state index contributed by atoms with van der Waals surface area (Å²) in [6.45, 7) is -1.27. The molecule has 0 saturated heterocycles. The molecule has 1 aromatic carbocycles. The van der Waals surface area contributed by atoms with Crippen molar-refractivity contribution in [3.63, 3.8) is 0 Å². The molecule has 6 heteroatoms. The number of hydrogen-bond acceptors (Lipinski definition) is 2. The highest BCUT2D eigenvalue weighted by atomic mass is 79.9. The largest absolute Gasteiger partial charge is 0.413 e. The van der Waals surface area contributed by atoms with Crippen LogP contribution in [0.5, 0.6) is 0 Å². The summed E-state index contributed by atoms with van der Waals surface area (Å²) >= 11 is 3.36. The molecule has 2 rings (SSSR count). The van der Waals surface area contributed by atoms with Crippen LogP contribution in [0.1, 0.15) is 23.6 Å². The van der Waals surface area contributed by atoms with Crippen molar-refractivity contribution in [2.45, 2.75) is 25.1 Å². The molecule has 0 aliphatic heterocycles. The first-order valence-electron chi connectivity index (χ1n) is 5.18. The number of alkyl halides is 3. The standard InChI is InChI=1S/C11H11BrF3NO/c12-8-2-3-9-7(5-8)1-4-10(9)16-17-6-11(13,14)15/h2-3,5,10,16H,1,4,6H2. The second-order valence-electron chi connectivity index (χ2n) is 3.96. The molecule has 0 aromatic heterocycles. The molecule has 1 unspecified atom stereocenters. The maximum Gasteiger partial charge on any atom is 0.413 e. The Kier molecular flexibility index (Phi) is 3.75. The maximum absolute atomic E-state index is 11.9. The average molecular weight is 310 g/mol. The number of hydroxylamine groups is 1. The number of benzene rings is 1. The van der Waals surface area contributed by atoms with Crippen molar-refractivity contribution >= 4 is 15.9 Å². The summed E-state index contributed by atoms with van der Waals surface area (Å²) in [6.07, 6.45) is -2.69. The zero-order valence-electron chi connectivity index (χ0n) is 8.85. The van der Waals surface area contributed by atoms with Gasteiger partial charge in [0.1, 0.15) is 0 Å². The number of fused-ring (bicyclic) bond motifs is 1. The maximum atomic E-state index is 11.9. The van der Waals surface area contributed by atoms with Gasteiger partial charge in [-0.05, 0) is 36.1 Å². The van der Waals surface area contributed by atoms with Crippen LogP contribution in [0.15, 0.2) is 22.7 Å². The second kappa shape index (κ2) is 4.96. The summed E-state index contributed by atoms with van der Waals surface area (Å²) < 4.78 is 36.7. The van der Waals surface area contributed by atoms with E-state index in [9.17, 15) is 13.2 Å². The molecule has 0 spiro atoms. The smallest absolute Gasteiger partial charge is 0.292 e. The normalized spacial score (nSPS) is 19.4. The summed E-state index contributed by atoms with van der Waals surface area (Å²) in [5, 5.41) is 0. The SMILES string of the molecule is FC(F)(F)CONC1CCc2cc(Br)ccc21. The van der Waals surface area contributed by atoms with Gasteiger partial charge in [0, 0.05) is 4.47 Å². The van der Waals surface area contributed by atoms with Gasteiger partial charge in [-0.25, -0.2) is 0 Å². The van der Waals surface area contributed by atoms with Crippen molar-refractivity contribution in [2.24, 2.45) is 0 Å². The molecule has 1 aromatic rings. The third kappa shape index (κ3) is 3.43. The van der Waals surface area contributed by atoms with E-state index in [-0.39, 0.29) is 6.04 Å². The van der Waals surface area contributed by atoms with E-state index in [0.717, 1.165) is 28.4 Å². The van der Waals surface area contributed by atoms with Gasteiger partial charge in [-0.3, -0.25) is 4.84 Å². The molecule has 0 fully saturated rings. The summed E-state index contributed by atoms with van der Waals surface area (Å²) in [4.78, 5) is 4.48. The molecule has 0 amide bonds. The quantitative estimate of drug-likeness (QED) is 0.863. The van der Waals surface area contributed by atoms with Gasteiger partial charge in [0.25, 0.3) is 0 Å². The molecule has 0 radical (unpaired) electrons. The van der Waals surface area contributed by atoms with Gasteiger partial charge in [0.15, 0.2) is 6.61 Å². The molecule has 1 aliphatic carbocycles. The van der Waals surface area contributed by atoms with Gasteiger partial charge in [-0.15, -0.1) is 0 Å². The molecular weight excluding hydrogens is 299 g/mol. The van der Waals surface area contributed by atoms with Crippen molar-refractivity contribution in [2.75, 3.05) is 6.61 Å². The lowest BCUT2D eigenvalue weighted by molar-refractivity contribution is -0.193. The van der Waals surface area contributed by atoms with Crippen molar-refractivity contribution in [3.05, 3.63) is 33.8 Å². The third-order valence-electron chi connectivity index (χ3n) is 2.64. The Morgan fingerprint density at radius 3 is 2.88 bits per heavy atom. The lowest BCUT2D eigenvalue weighted by atomic mass is 10.1. The van der Waals surface area contributed by atoms with Crippen LogP contribution >= 0.6 is 15.9 Å². The lowest BCUT2D eigenvalue weighted by Gasteiger charge is -2.15. The minimum atomic E-state index is -4.30. The molecule has 17 heavy (non-hydrogen) atoms. The Morgan fingerprint density at radius 2 is 2.18 bits per heavy atom. The topological polar surface area (TPSA) is 21.3 Å². The average Bonchev–Trinajstić information content (AvgIpc) is 2.59. The van der Waals surface area contributed by atoms with E-state index in [0.29, 0.717) is 0 Å². The van der Waals surface area contributed by atoms with E-state index in [1.54, 1.807) is 0 Å². The molecule has 0 heterocycles. The number of rotatable bonds is 3. The highest BCUT2D eigenvalue weighted by molar-refractivity contribution is 9.10. The number of aryl methyl sites for hydroxylation is 1. The van der Waals surface area contributed by atoms with Crippen LogP contribution in [0.3, 0.4) is 0 Å². The third-order valence-corrected chi connectivity index (χ3v) is 3.14. The van der Waals surface area contributed by atoms with Gasteiger partial charge in [0.05, 0.1) is 6.04 Å². The van der Waals surface area contributed by atoms with Crippen molar-refractivity contribution in [3.8, 4) is 0 Å². The first kappa shape index (κ1) is 12.9. The molecular formula is C11H11BrF3NO. The number of nitrogens with one attached hydrogen (secondary N) is 1. The zero-order valence-corrected chi connectivity index (χ0v) is 10.4. The Morgan fingerprint density at radius 1 is 1.41 bits per heavy atom. The fourth-order valence-corrected chi connectivity index (χ4v) is 2.34. The summed E-state index contributed by atoms with van der Waals surface area (Å²) in [5.41, 5.74) is 4.63. The summed E-state index contributed by atoms with van der Waals surface area (Å²) in [6, 6.07) is 5.62. The van der Waals surface area contributed by atoms with Crippen LogP contribution in [-0.2, 0) is 11.3 Å². The predicted octanol–water partition coefficient (Wildman–Crippen LogP) is 3.52. The van der Waals surface area contributed by atoms with E-state index in [1.165, 1.54) is 0 Å². The van der Waals surface area contributed by atoms with E-state index in [4.69, 9.17) is 0 Å². The fourth-order valence-electron chi connectivity index (χ4n) is 1.93. The van der Waals surface area contributed by atoms with Crippen molar-refractivity contribution in [1.82, 2.24) is 5.48 Å². The van der Waals surface area contributed by atoms with E-state index in [2.05, 4.69) is 26.2 Å².